The third-order valence-electron chi connectivity index (χ3n) is 3.84. The largest absolute Gasteiger partial charge is 0.453 e. The van der Waals surface area contributed by atoms with E-state index in [9.17, 15) is 18.4 Å². The van der Waals surface area contributed by atoms with Crippen molar-refractivity contribution in [2.45, 2.75) is 32.8 Å². The minimum Gasteiger partial charge on any atom is -0.453 e. The molecule has 0 aliphatic heterocycles. The number of ether oxygens (including phenoxy) is 1. The Hall–Kier alpha value is -3.56. The Morgan fingerprint density at radius 1 is 1.28 bits per heavy atom. The number of amides is 1. The highest BCUT2D eigenvalue weighted by Crippen LogP contribution is 2.24. The van der Waals surface area contributed by atoms with Gasteiger partial charge in [-0.25, -0.2) is 13.8 Å². The van der Waals surface area contributed by atoms with Crippen LogP contribution in [0.2, 0.25) is 0 Å². The van der Waals surface area contributed by atoms with Crippen LogP contribution in [0.15, 0.2) is 39.4 Å². The Morgan fingerprint density at radius 2 is 2.07 bits per heavy atom. The molecule has 0 bridgehead atoms. The summed E-state index contributed by atoms with van der Waals surface area (Å²) in [7, 11) is 0. The summed E-state index contributed by atoms with van der Waals surface area (Å²) in [5, 5.41) is 6.06. The normalized spacial score (nSPS) is 11.9. The highest BCUT2D eigenvalue weighted by Gasteiger charge is 2.20. The lowest BCUT2D eigenvalue weighted by molar-refractivity contribution is -0.153. The van der Waals surface area contributed by atoms with Crippen LogP contribution >= 0.6 is 0 Å². The molecule has 2 heterocycles. The number of rotatable bonds is 7. The molecule has 3 aromatic rings. The number of hydrogen-bond donors (Lipinski definition) is 1. The molecule has 1 amide bonds. The summed E-state index contributed by atoms with van der Waals surface area (Å²) < 4.78 is 42.1. The molecule has 3 rings (SSSR count). The number of carbonyl (C=O) groups is 2. The van der Waals surface area contributed by atoms with E-state index >= 15 is 0 Å². The van der Waals surface area contributed by atoms with Gasteiger partial charge in [-0.3, -0.25) is 14.9 Å². The van der Waals surface area contributed by atoms with Crippen LogP contribution in [0.4, 0.5) is 14.7 Å². The minimum atomic E-state index is -1.05. The van der Waals surface area contributed by atoms with Gasteiger partial charge >= 0.3 is 5.97 Å². The second-order valence-electron chi connectivity index (χ2n) is 6.20. The molecule has 8 nitrogen and oxygen atoms in total. The predicted molar refractivity (Wildman–Crippen MR) is 95.6 cm³/mol. The van der Waals surface area contributed by atoms with Crippen molar-refractivity contribution in [1.82, 2.24) is 10.1 Å². The minimum absolute atomic E-state index is 0.0562. The number of nitrogens with one attached hydrogen (secondary N) is 1. The van der Waals surface area contributed by atoms with Crippen LogP contribution in [0.3, 0.4) is 0 Å². The number of anilines is 1. The van der Waals surface area contributed by atoms with Gasteiger partial charge in [0.05, 0.1) is 23.9 Å². The van der Waals surface area contributed by atoms with Crippen molar-refractivity contribution < 1.29 is 32.0 Å². The molecule has 0 aliphatic rings. The summed E-state index contributed by atoms with van der Waals surface area (Å²) in [6.07, 6.45) is 0.204. The summed E-state index contributed by atoms with van der Waals surface area (Å²) in [5.41, 5.74) is 0.649. The van der Waals surface area contributed by atoms with E-state index in [4.69, 9.17) is 13.7 Å². The molecule has 1 N–H and O–H groups in total. The average molecular weight is 405 g/mol. The lowest BCUT2D eigenvalue weighted by Crippen LogP contribution is -2.29. The van der Waals surface area contributed by atoms with Crippen molar-refractivity contribution in [2.24, 2.45) is 0 Å². The lowest BCUT2D eigenvalue weighted by atomic mass is 10.2. The van der Waals surface area contributed by atoms with E-state index < -0.39 is 29.6 Å². The summed E-state index contributed by atoms with van der Waals surface area (Å²) >= 11 is 0. The standard InChI is InChI=1S/C19H17F2N3O5/c1-10-7-17(29-24-10)23-19(26)11(2)27-18(25)6-5-16-22-9-15(28-16)13-4-3-12(20)8-14(13)21/h3-4,7-9,11H,5-6H2,1-2H3,(H,23,26). The number of aryl methyl sites for hydroxylation is 2. The zero-order valence-corrected chi connectivity index (χ0v) is 15.6. The molecule has 1 unspecified atom stereocenters. The van der Waals surface area contributed by atoms with Crippen molar-refractivity contribution in [3.05, 3.63) is 53.7 Å². The van der Waals surface area contributed by atoms with Gasteiger partial charge < -0.3 is 13.7 Å². The predicted octanol–water partition coefficient (Wildman–Crippen LogP) is 3.42. The third-order valence-corrected chi connectivity index (χ3v) is 3.84. The van der Waals surface area contributed by atoms with Crippen LogP contribution in [0, 0.1) is 18.6 Å². The number of hydrogen-bond acceptors (Lipinski definition) is 7. The Labute approximate surface area is 163 Å². The number of oxazole rings is 1. The van der Waals surface area contributed by atoms with Gasteiger partial charge in [0.2, 0.25) is 5.88 Å². The number of aromatic nitrogens is 2. The van der Waals surface area contributed by atoms with E-state index in [0.717, 1.165) is 12.1 Å². The summed E-state index contributed by atoms with van der Waals surface area (Å²) in [6.45, 7) is 3.11. The Morgan fingerprint density at radius 3 is 2.76 bits per heavy atom. The zero-order valence-electron chi connectivity index (χ0n) is 15.6. The molecular weight excluding hydrogens is 388 g/mol. The molecular formula is C19H17F2N3O5. The van der Waals surface area contributed by atoms with Gasteiger partial charge in [-0.1, -0.05) is 5.16 Å². The molecule has 0 radical (unpaired) electrons. The topological polar surface area (TPSA) is 107 Å². The smallest absolute Gasteiger partial charge is 0.307 e. The fraction of sp³-hybridized carbons (Fsp3) is 0.263. The summed E-state index contributed by atoms with van der Waals surface area (Å²) in [5.74, 6) is -2.26. The van der Waals surface area contributed by atoms with Crippen molar-refractivity contribution >= 4 is 17.8 Å². The molecule has 29 heavy (non-hydrogen) atoms. The first-order valence-corrected chi connectivity index (χ1v) is 8.65. The van der Waals surface area contributed by atoms with Gasteiger partial charge in [0, 0.05) is 18.6 Å². The van der Waals surface area contributed by atoms with Crippen molar-refractivity contribution in [1.29, 1.82) is 0 Å². The molecule has 0 saturated carbocycles. The van der Waals surface area contributed by atoms with Gasteiger partial charge in [0.15, 0.2) is 17.8 Å². The van der Waals surface area contributed by atoms with Gasteiger partial charge in [-0.05, 0) is 26.0 Å². The molecule has 0 saturated heterocycles. The number of halogens is 2. The van der Waals surface area contributed by atoms with Crippen LogP contribution in [0.25, 0.3) is 11.3 Å². The van der Waals surface area contributed by atoms with E-state index in [2.05, 4.69) is 15.5 Å². The zero-order chi connectivity index (χ0) is 21.0. The molecule has 0 spiro atoms. The van der Waals surface area contributed by atoms with Gasteiger partial charge in [0.25, 0.3) is 5.91 Å². The molecule has 0 fully saturated rings. The third kappa shape index (κ3) is 5.24. The van der Waals surface area contributed by atoms with Crippen LogP contribution in [-0.2, 0) is 20.7 Å². The van der Waals surface area contributed by atoms with Gasteiger partial charge in [-0.2, -0.15) is 0 Å². The number of esters is 1. The first-order valence-electron chi connectivity index (χ1n) is 8.65. The Bertz CT molecular complexity index is 1030. The molecule has 1 aromatic carbocycles. The van der Waals surface area contributed by atoms with Gasteiger partial charge in [-0.15, -0.1) is 0 Å². The summed E-state index contributed by atoms with van der Waals surface area (Å²) in [4.78, 5) is 27.9. The summed E-state index contributed by atoms with van der Waals surface area (Å²) in [6, 6.07) is 4.60. The van der Waals surface area contributed by atoms with Crippen LogP contribution in [-0.4, -0.2) is 28.1 Å². The first kappa shape index (κ1) is 20.2. The highest BCUT2D eigenvalue weighted by molar-refractivity contribution is 5.94. The number of carbonyl (C=O) groups excluding carboxylic acids is 2. The molecule has 10 heteroatoms. The maximum absolute atomic E-state index is 13.8. The van der Waals surface area contributed by atoms with E-state index in [1.54, 1.807) is 6.92 Å². The molecule has 0 aliphatic carbocycles. The van der Waals surface area contributed by atoms with Crippen molar-refractivity contribution in [3.8, 4) is 11.3 Å². The molecule has 2 aromatic heterocycles. The Balaban J connectivity index is 1.50. The fourth-order valence-corrected chi connectivity index (χ4v) is 2.40. The van der Waals surface area contributed by atoms with E-state index in [1.807, 2.05) is 0 Å². The number of benzene rings is 1. The quantitative estimate of drug-likeness (QED) is 0.600. The maximum Gasteiger partial charge on any atom is 0.307 e. The van der Waals surface area contributed by atoms with Gasteiger partial charge in [0.1, 0.15) is 11.6 Å². The van der Waals surface area contributed by atoms with Crippen molar-refractivity contribution in [3.63, 3.8) is 0 Å². The van der Waals surface area contributed by atoms with E-state index in [0.29, 0.717) is 5.69 Å². The SMILES string of the molecule is Cc1cc(NC(=O)C(C)OC(=O)CCc2ncc(-c3ccc(F)cc3F)o2)on1. The molecule has 1 atom stereocenters. The second kappa shape index (κ2) is 8.63. The number of nitrogens with zero attached hydrogens (tertiary/aromatic N) is 2. The second-order valence-corrected chi connectivity index (χ2v) is 6.20. The Kier molecular flexibility index (Phi) is 6.01. The molecule has 152 valence electrons. The highest BCUT2D eigenvalue weighted by atomic mass is 19.1. The van der Waals surface area contributed by atoms with Crippen LogP contribution < -0.4 is 5.32 Å². The van der Waals surface area contributed by atoms with E-state index in [1.165, 1.54) is 25.3 Å². The van der Waals surface area contributed by atoms with Crippen LogP contribution in [0.1, 0.15) is 24.9 Å². The van der Waals surface area contributed by atoms with Crippen LogP contribution in [0.5, 0.6) is 0 Å². The maximum atomic E-state index is 13.8. The fourth-order valence-electron chi connectivity index (χ4n) is 2.40. The monoisotopic (exact) mass is 405 g/mol. The average Bonchev–Trinajstić information content (AvgIpc) is 3.29. The van der Waals surface area contributed by atoms with Crippen molar-refractivity contribution in [2.75, 3.05) is 5.32 Å². The first-order chi connectivity index (χ1) is 13.8. The van der Waals surface area contributed by atoms with E-state index in [-0.39, 0.29) is 35.9 Å². The lowest BCUT2D eigenvalue weighted by Gasteiger charge is -2.11.